The Morgan fingerprint density at radius 1 is 1.12 bits per heavy atom. The lowest BCUT2D eigenvalue weighted by atomic mass is 9.97. The summed E-state index contributed by atoms with van der Waals surface area (Å²) in [5, 5.41) is 17.9. The Bertz CT molecular complexity index is 820. The van der Waals surface area contributed by atoms with E-state index < -0.39 is 0 Å². The fraction of sp³-hybridized carbons (Fsp3) is 0.250. The van der Waals surface area contributed by atoms with Crippen LogP contribution in [0.3, 0.4) is 0 Å². The number of para-hydroxylation sites is 1. The highest BCUT2D eigenvalue weighted by atomic mass is 16.3. The van der Waals surface area contributed by atoms with Crippen molar-refractivity contribution in [3.05, 3.63) is 66.5 Å². The van der Waals surface area contributed by atoms with E-state index >= 15 is 0 Å². The molecule has 1 aliphatic rings. The van der Waals surface area contributed by atoms with Gasteiger partial charge in [-0.15, -0.1) is 0 Å². The number of phenolic OH excluding ortho intramolecular Hbond substituents is 1. The molecule has 2 heterocycles. The number of aromatic hydroxyl groups is 1. The van der Waals surface area contributed by atoms with Crippen LogP contribution < -0.4 is 5.32 Å². The van der Waals surface area contributed by atoms with Gasteiger partial charge in [-0.25, -0.2) is 4.68 Å². The van der Waals surface area contributed by atoms with Crippen molar-refractivity contribution in [2.45, 2.75) is 12.8 Å². The summed E-state index contributed by atoms with van der Waals surface area (Å²) in [6.07, 6.45) is 4.09. The highest BCUT2D eigenvalue weighted by Crippen LogP contribution is 2.30. The highest BCUT2D eigenvalue weighted by Gasteiger charge is 2.21. The molecule has 0 aliphatic carbocycles. The Hall–Kier alpha value is -2.59. The van der Waals surface area contributed by atoms with Crippen LogP contribution in [0.5, 0.6) is 5.75 Å². The molecule has 0 saturated carbocycles. The quantitative estimate of drug-likeness (QED) is 0.775. The zero-order chi connectivity index (χ0) is 16.4. The van der Waals surface area contributed by atoms with Crippen LogP contribution in [-0.2, 0) is 6.42 Å². The normalized spacial score (nSPS) is 17.2. The first kappa shape index (κ1) is 15.0. The lowest BCUT2D eigenvalue weighted by Gasteiger charge is -2.14. The molecule has 1 fully saturated rings. The molecular weight excluding hydrogens is 298 g/mol. The van der Waals surface area contributed by atoms with E-state index in [0.29, 0.717) is 5.92 Å². The molecule has 1 unspecified atom stereocenters. The minimum atomic E-state index is 0.286. The molecule has 1 aliphatic heterocycles. The van der Waals surface area contributed by atoms with Crippen molar-refractivity contribution in [3.8, 4) is 22.6 Å². The van der Waals surface area contributed by atoms with Crippen LogP contribution in [0.15, 0.2) is 60.8 Å². The maximum atomic E-state index is 9.84. The Balaban J connectivity index is 1.80. The van der Waals surface area contributed by atoms with Crippen molar-refractivity contribution in [1.29, 1.82) is 0 Å². The molecule has 4 rings (SSSR count). The van der Waals surface area contributed by atoms with Crippen LogP contribution in [0.2, 0.25) is 0 Å². The number of hydrogen-bond acceptors (Lipinski definition) is 3. The summed E-state index contributed by atoms with van der Waals surface area (Å²) in [5.74, 6) is 0.911. The second-order valence-electron chi connectivity index (χ2n) is 6.37. The fourth-order valence-electron chi connectivity index (χ4n) is 3.44. The van der Waals surface area contributed by atoms with Gasteiger partial charge in [0.15, 0.2) is 0 Å². The highest BCUT2D eigenvalue weighted by molar-refractivity contribution is 5.67. The molecule has 0 amide bonds. The molecule has 4 nitrogen and oxygen atoms in total. The molecule has 0 radical (unpaired) electrons. The van der Waals surface area contributed by atoms with Crippen molar-refractivity contribution < 1.29 is 5.11 Å². The Morgan fingerprint density at radius 2 is 2.00 bits per heavy atom. The third-order valence-electron chi connectivity index (χ3n) is 4.67. The zero-order valence-corrected chi connectivity index (χ0v) is 13.5. The molecule has 3 aromatic rings. The van der Waals surface area contributed by atoms with E-state index in [1.54, 1.807) is 6.07 Å². The van der Waals surface area contributed by atoms with E-state index in [0.717, 1.165) is 36.3 Å². The van der Waals surface area contributed by atoms with Gasteiger partial charge in [-0.2, -0.15) is 5.10 Å². The van der Waals surface area contributed by atoms with Crippen molar-refractivity contribution in [1.82, 2.24) is 15.1 Å². The molecule has 0 bridgehead atoms. The number of rotatable bonds is 4. The van der Waals surface area contributed by atoms with Gasteiger partial charge in [0.2, 0.25) is 0 Å². The summed E-state index contributed by atoms with van der Waals surface area (Å²) in [5.41, 5.74) is 4.39. The van der Waals surface area contributed by atoms with Gasteiger partial charge >= 0.3 is 0 Å². The second-order valence-corrected chi connectivity index (χ2v) is 6.37. The first-order valence-electron chi connectivity index (χ1n) is 8.44. The summed E-state index contributed by atoms with van der Waals surface area (Å²) < 4.78 is 2.04. The minimum absolute atomic E-state index is 0.286. The second kappa shape index (κ2) is 6.49. The number of aromatic nitrogens is 2. The van der Waals surface area contributed by atoms with E-state index in [1.807, 2.05) is 47.3 Å². The third kappa shape index (κ3) is 2.93. The van der Waals surface area contributed by atoms with Crippen molar-refractivity contribution in [2.75, 3.05) is 13.1 Å². The molecule has 1 aromatic heterocycles. The van der Waals surface area contributed by atoms with E-state index in [2.05, 4.69) is 22.5 Å². The van der Waals surface area contributed by atoms with Gasteiger partial charge in [0.1, 0.15) is 5.75 Å². The van der Waals surface area contributed by atoms with Crippen LogP contribution in [-0.4, -0.2) is 28.0 Å². The predicted molar refractivity (Wildman–Crippen MR) is 95.3 cm³/mol. The summed E-state index contributed by atoms with van der Waals surface area (Å²) >= 11 is 0. The van der Waals surface area contributed by atoms with Crippen LogP contribution in [0, 0.1) is 5.92 Å². The molecular formula is C20H21N3O. The predicted octanol–water partition coefficient (Wildman–Crippen LogP) is 3.40. The Labute approximate surface area is 141 Å². The minimum Gasteiger partial charge on any atom is -0.508 e. The van der Waals surface area contributed by atoms with Gasteiger partial charge in [0.25, 0.3) is 0 Å². The lowest BCUT2D eigenvalue weighted by Crippen LogP contribution is -2.13. The van der Waals surface area contributed by atoms with Crippen LogP contribution >= 0.6 is 0 Å². The Kier molecular flexibility index (Phi) is 4.05. The SMILES string of the molecule is Oc1cccc(-c2cnn(-c3ccccc3)c2CC2CCNC2)c1. The zero-order valence-electron chi connectivity index (χ0n) is 13.5. The molecule has 2 aromatic carbocycles. The van der Waals surface area contributed by atoms with Gasteiger partial charge in [-0.05, 0) is 61.7 Å². The van der Waals surface area contributed by atoms with E-state index in [4.69, 9.17) is 0 Å². The topological polar surface area (TPSA) is 50.1 Å². The molecule has 24 heavy (non-hydrogen) atoms. The van der Waals surface area contributed by atoms with Crippen molar-refractivity contribution in [2.24, 2.45) is 5.92 Å². The number of nitrogens with one attached hydrogen (secondary N) is 1. The fourth-order valence-corrected chi connectivity index (χ4v) is 3.44. The van der Waals surface area contributed by atoms with Crippen LogP contribution in [0.1, 0.15) is 12.1 Å². The smallest absolute Gasteiger partial charge is 0.116 e. The van der Waals surface area contributed by atoms with E-state index in [9.17, 15) is 5.11 Å². The first-order valence-corrected chi connectivity index (χ1v) is 8.44. The molecule has 122 valence electrons. The standard InChI is InChI=1S/C20H21N3O/c24-18-8-4-5-16(12-18)19-14-22-23(17-6-2-1-3-7-17)20(19)11-15-9-10-21-13-15/h1-8,12,14-15,21,24H,9-11,13H2. The van der Waals surface area contributed by atoms with Gasteiger partial charge in [-0.1, -0.05) is 30.3 Å². The number of benzene rings is 2. The molecule has 1 atom stereocenters. The van der Waals surface area contributed by atoms with Crippen molar-refractivity contribution >= 4 is 0 Å². The third-order valence-corrected chi connectivity index (χ3v) is 4.67. The van der Waals surface area contributed by atoms with Gasteiger partial charge < -0.3 is 10.4 Å². The van der Waals surface area contributed by atoms with Crippen molar-refractivity contribution in [3.63, 3.8) is 0 Å². The summed E-state index contributed by atoms with van der Waals surface area (Å²) in [6, 6.07) is 17.7. The molecule has 0 spiro atoms. The van der Waals surface area contributed by atoms with Crippen LogP contribution in [0.4, 0.5) is 0 Å². The van der Waals surface area contributed by atoms with E-state index in [-0.39, 0.29) is 5.75 Å². The maximum absolute atomic E-state index is 9.84. The van der Waals surface area contributed by atoms with E-state index in [1.165, 1.54) is 12.1 Å². The summed E-state index contributed by atoms with van der Waals surface area (Å²) in [4.78, 5) is 0. The maximum Gasteiger partial charge on any atom is 0.116 e. The number of phenols is 1. The average molecular weight is 319 g/mol. The van der Waals surface area contributed by atoms with Gasteiger partial charge in [-0.3, -0.25) is 0 Å². The first-order chi connectivity index (χ1) is 11.8. The summed E-state index contributed by atoms with van der Waals surface area (Å²) in [6.45, 7) is 2.14. The number of hydrogen-bond donors (Lipinski definition) is 2. The largest absolute Gasteiger partial charge is 0.508 e. The van der Waals surface area contributed by atoms with Gasteiger partial charge in [0, 0.05) is 5.56 Å². The van der Waals surface area contributed by atoms with Gasteiger partial charge in [0.05, 0.1) is 17.6 Å². The molecule has 2 N–H and O–H groups in total. The Morgan fingerprint density at radius 3 is 2.75 bits per heavy atom. The number of nitrogens with zero attached hydrogens (tertiary/aromatic N) is 2. The monoisotopic (exact) mass is 319 g/mol. The average Bonchev–Trinajstić information content (AvgIpc) is 3.26. The molecule has 1 saturated heterocycles. The lowest BCUT2D eigenvalue weighted by molar-refractivity contribution is 0.475. The summed E-state index contributed by atoms with van der Waals surface area (Å²) in [7, 11) is 0. The van der Waals surface area contributed by atoms with Crippen LogP contribution in [0.25, 0.3) is 16.8 Å². The molecule has 4 heteroatoms.